The number of hydrogen-bond donors (Lipinski definition) is 2. The quantitative estimate of drug-likeness (QED) is 0.879. The van der Waals surface area contributed by atoms with Crippen LogP contribution in [0, 0.1) is 0 Å². The molecule has 0 radical (unpaired) electrons. The van der Waals surface area contributed by atoms with E-state index in [1.54, 1.807) is 13.0 Å². The van der Waals surface area contributed by atoms with Crippen molar-refractivity contribution in [2.45, 2.75) is 45.9 Å². The highest BCUT2D eigenvalue weighted by Gasteiger charge is 2.21. The van der Waals surface area contributed by atoms with Crippen molar-refractivity contribution < 1.29 is 9.53 Å². The van der Waals surface area contributed by atoms with Gasteiger partial charge in [0.05, 0.1) is 5.02 Å². The molecule has 1 aromatic carbocycles. The SMILES string of the molecule is CNCc1ccc(OC(C)C(=O)NC(C)(C)C)c(Cl)c1. The normalized spacial score (nSPS) is 12.9. The van der Waals surface area contributed by atoms with Gasteiger partial charge in [0.1, 0.15) is 5.75 Å². The molecule has 0 aliphatic carbocycles. The summed E-state index contributed by atoms with van der Waals surface area (Å²) < 4.78 is 5.62. The average molecular weight is 299 g/mol. The minimum atomic E-state index is -0.595. The van der Waals surface area contributed by atoms with E-state index in [4.69, 9.17) is 16.3 Å². The fraction of sp³-hybridized carbons (Fsp3) is 0.533. The number of hydrogen-bond acceptors (Lipinski definition) is 3. The van der Waals surface area contributed by atoms with Gasteiger partial charge in [-0.05, 0) is 52.4 Å². The molecule has 4 nitrogen and oxygen atoms in total. The van der Waals surface area contributed by atoms with Crippen molar-refractivity contribution in [3.05, 3.63) is 28.8 Å². The highest BCUT2D eigenvalue weighted by atomic mass is 35.5. The number of benzene rings is 1. The van der Waals surface area contributed by atoms with Gasteiger partial charge in [0.15, 0.2) is 6.10 Å². The van der Waals surface area contributed by atoms with Crippen LogP contribution >= 0.6 is 11.6 Å². The topological polar surface area (TPSA) is 50.4 Å². The second kappa shape index (κ2) is 6.95. The lowest BCUT2D eigenvalue weighted by Gasteiger charge is -2.24. The Morgan fingerprint density at radius 1 is 1.40 bits per heavy atom. The number of amides is 1. The molecule has 112 valence electrons. The molecule has 1 aromatic rings. The molecule has 0 heterocycles. The van der Waals surface area contributed by atoms with Crippen LogP contribution in [0.5, 0.6) is 5.75 Å². The number of halogens is 1. The largest absolute Gasteiger partial charge is 0.479 e. The van der Waals surface area contributed by atoms with Gasteiger partial charge >= 0.3 is 0 Å². The summed E-state index contributed by atoms with van der Waals surface area (Å²) in [6.45, 7) is 8.23. The molecule has 1 atom stereocenters. The highest BCUT2D eigenvalue weighted by Crippen LogP contribution is 2.26. The summed E-state index contributed by atoms with van der Waals surface area (Å²) in [5.74, 6) is 0.357. The number of carbonyl (C=O) groups excluding carboxylic acids is 1. The first kappa shape index (κ1) is 16.8. The van der Waals surface area contributed by atoms with Gasteiger partial charge in [-0.2, -0.15) is 0 Å². The van der Waals surface area contributed by atoms with Gasteiger partial charge in [0.2, 0.25) is 0 Å². The van der Waals surface area contributed by atoms with E-state index in [2.05, 4.69) is 10.6 Å². The molecule has 0 saturated heterocycles. The van der Waals surface area contributed by atoms with Gasteiger partial charge in [-0.3, -0.25) is 4.79 Å². The minimum absolute atomic E-state index is 0.159. The molecule has 20 heavy (non-hydrogen) atoms. The molecular formula is C15H23ClN2O2. The first-order chi connectivity index (χ1) is 9.23. The second-order valence-electron chi connectivity index (χ2n) is 5.79. The van der Waals surface area contributed by atoms with E-state index in [1.807, 2.05) is 40.0 Å². The standard InChI is InChI=1S/C15H23ClN2O2/c1-10(14(19)18-15(2,3)4)20-13-7-6-11(9-17-5)8-12(13)16/h6-8,10,17H,9H2,1-5H3,(H,18,19). The van der Waals surface area contributed by atoms with Crippen molar-refractivity contribution in [1.82, 2.24) is 10.6 Å². The van der Waals surface area contributed by atoms with E-state index in [1.165, 1.54) is 0 Å². The van der Waals surface area contributed by atoms with Gasteiger partial charge < -0.3 is 15.4 Å². The Balaban J connectivity index is 2.70. The number of rotatable bonds is 5. The Hall–Kier alpha value is -1.26. The van der Waals surface area contributed by atoms with E-state index in [9.17, 15) is 4.79 Å². The molecular weight excluding hydrogens is 276 g/mol. The molecule has 0 bridgehead atoms. The first-order valence-electron chi connectivity index (χ1n) is 6.64. The summed E-state index contributed by atoms with van der Waals surface area (Å²) in [5, 5.41) is 6.43. The molecule has 5 heteroatoms. The van der Waals surface area contributed by atoms with Crippen LogP contribution in [-0.2, 0) is 11.3 Å². The Kier molecular flexibility index (Phi) is 5.84. The maximum absolute atomic E-state index is 12.0. The van der Waals surface area contributed by atoms with Crippen molar-refractivity contribution in [2.75, 3.05) is 7.05 Å². The predicted octanol–water partition coefficient (Wildman–Crippen LogP) is 2.74. The third kappa shape index (κ3) is 5.39. The van der Waals surface area contributed by atoms with Gasteiger partial charge in [-0.25, -0.2) is 0 Å². The van der Waals surface area contributed by atoms with Crippen LogP contribution < -0.4 is 15.4 Å². The highest BCUT2D eigenvalue weighted by molar-refractivity contribution is 6.32. The van der Waals surface area contributed by atoms with Crippen LogP contribution in [0.25, 0.3) is 0 Å². The summed E-state index contributed by atoms with van der Waals surface area (Å²) in [7, 11) is 1.87. The van der Waals surface area contributed by atoms with E-state index < -0.39 is 6.10 Å². The van der Waals surface area contributed by atoms with Crippen LogP contribution in [0.3, 0.4) is 0 Å². The maximum atomic E-state index is 12.0. The molecule has 1 amide bonds. The number of ether oxygens (including phenoxy) is 1. The first-order valence-corrected chi connectivity index (χ1v) is 7.02. The monoisotopic (exact) mass is 298 g/mol. The summed E-state index contributed by atoms with van der Waals surface area (Å²) in [6.07, 6.45) is -0.595. The Labute approximate surface area is 125 Å². The minimum Gasteiger partial charge on any atom is -0.479 e. The summed E-state index contributed by atoms with van der Waals surface area (Å²) in [4.78, 5) is 12.0. The van der Waals surface area contributed by atoms with Gasteiger partial charge in [0.25, 0.3) is 5.91 Å². The predicted molar refractivity (Wildman–Crippen MR) is 82.2 cm³/mol. The number of nitrogens with one attached hydrogen (secondary N) is 2. The summed E-state index contributed by atoms with van der Waals surface area (Å²) in [5.41, 5.74) is 0.784. The molecule has 0 spiro atoms. The Bertz CT molecular complexity index is 469. The van der Waals surface area contributed by atoms with Crippen molar-refractivity contribution >= 4 is 17.5 Å². The van der Waals surface area contributed by atoms with E-state index in [-0.39, 0.29) is 11.4 Å². The zero-order valence-electron chi connectivity index (χ0n) is 12.7. The van der Waals surface area contributed by atoms with Crippen molar-refractivity contribution in [1.29, 1.82) is 0 Å². The van der Waals surface area contributed by atoms with E-state index >= 15 is 0 Å². The zero-order chi connectivity index (χ0) is 15.3. The van der Waals surface area contributed by atoms with Crippen molar-refractivity contribution in [3.8, 4) is 5.75 Å². The van der Waals surface area contributed by atoms with Gasteiger partial charge in [-0.1, -0.05) is 17.7 Å². The Morgan fingerprint density at radius 2 is 2.05 bits per heavy atom. The van der Waals surface area contributed by atoms with Gasteiger partial charge in [0, 0.05) is 12.1 Å². The third-order valence-electron chi connectivity index (χ3n) is 2.55. The summed E-state index contributed by atoms with van der Waals surface area (Å²) >= 11 is 6.16. The molecule has 0 aliphatic rings. The molecule has 2 N–H and O–H groups in total. The van der Waals surface area contributed by atoms with Crippen LogP contribution in [0.2, 0.25) is 5.02 Å². The van der Waals surface area contributed by atoms with Crippen LogP contribution in [0.15, 0.2) is 18.2 Å². The second-order valence-corrected chi connectivity index (χ2v) is 6.20. The van der Waals surface area contributed by atoms with Crippen molar-refractivity contribution in [3.63, 3.8) is 0 Å². The lowest BCUT2D eigenvalue weighted by atomic mass is 10.1. The third-order valence-corrected chi connectivity index (χ3v) is 2.84. The van der Waals surface area contributed by atoms with E-state index in [0.717, 1.165) is 12.1 Å². The number of carbonyl (C=O) groups is 1. The lowest BCUT2D eigenvalue weighted by molar-refractivity contribution is -0.128. The maximum Gasteiger partial charge on any atom is 0.261 e. The molecule has 1 rings (SSSR count). The molecule has 0 aromatic heterocycles. The van der Waals surface area contributed by atoms with Crippen molar-refractivity contribution in [2.24, 2.45) is 0 Å². The molecule has 1 unspecified atom stereocenters. The van der Waals surface area contributed by atoms with E-state index in [0.29, 0.717) is 10.8 Å². The summed E-state index contributed by atoms with van der Waals surface area (Å²) in [6, 6.07) is 5.55. The fourth-order valence-electron chi connectivity index (χ4n) is 1.67. The smallest absolute Gasteiger partial charge is 0.261 e. The fourth-order valence-corrected chi connectivity index (χ4v) is 1.92. The van der Waals surface area contributed by atoms with Gasteiger partial charge in [-0.15, -0.1) is 0 Å². The Morgan fingerprint density at radius 3 is 2.55 bits per heavy atom. The molecule has 0 fully saturated rings. The zero-order valence-corrected chi connectivity index (χ0v) is 13.5. The van der Waals surface area contributed by atoms with Crippen LogP contribution in [0.1, 0.15) is 33.3 Å². The average Bonchev–Trinajstić information content (AvgIpc) is 2.30. The van der Waals surface area contributed by atoms with Crippen LogP contribution in [0.4, 0.5) is 0 Å². The van der Waals surface area contributed by atoms with Crippen LogP contribution in [-0.4, -0.2) is 24.6 Å². The molecule has 0 saturated carbocycles. The molecule has 0 aliphatic heterocycles. The lowest BCUT2D eigenvalue weighted by Crippen LogP contribution is -2.46.